The van der Waals surface area contributed by atoms with Crippen LogP contribution in [0, 0.1) is 0 Å². The first-order chi connectivity index (χ1) is 12.0. The Morgan fingerprint density at radius 1 is 1.04 bits per heavy atom. The minimum atomic E-state index is -0.510. The molecule has 0 saturated heterocycles. The van der Waals surface area contributed by atoms with Gasteiger partial charge >= 0.3 is 0 Å². The lowest BCUT2D eigenvalue weighted by Gasteiger charge is -2.09. The fourth-order valence-corrected chi connectivity index (χ4v) is 2.48. The molecule has 0 spiro atoms. The highest BCUT2D eigenvalue weighted by Crippen LogP contribution is 2.30. The number of pyridine rings is 1. The average Bonchev–Trinajstić information content (AvgIpc) is 2.61. The van der Waals surface area contributed by atoms with Gasteiger partial charge in [0.2, 0.25) is 0 Å². The second-order valence-corrected chi connectivity index (χ2v) is 5.88. The molecule has 0 bridgehead atoms. The molecule has 132 valence electrons. The van der Waals surface area contributed by atoms with E-state index in [1.54, 1.807) is 31.4 Å². The zero-order chi connectivity index (χ0) is 18.2. The molecule has 0 unspecified atom stereocenters. The third kappa shape index (κ3) is 5.42. The fourth-order valence-electron chi connectivity index (χ4n) is 1.99. The van der Waals surface area contributed by atoms with Crippen molar-refractivity contribution >= 4 is 40.7 Å². The van der Waals surface area contributed by atoms with Gasteiger partial charge in [-0.1, -0.05) is 35.3 Å². The fraction of sp³-hybridized carbons (Fsp3) is 0.235. The standard InChI is InChI=1S/C17H17Cl2N3O3/c1-25-10-4-9-20-16(23)13-7-3-8-14(21-13)17(24)22-15-11(18)5-2-6-12(15)19/h2-3,5-8H,4,9-10H2,1H3,(H,20,23)(H,22,24). The summed E-state index contributed by atoms with van der Waals surface area (Å²) in [5.74, 6) is -0.870. The largest absolute Gasteiger partial charge is 0.385 e. The van der Waals surface area contributed by atoms with Crippen LogP contribution in [0.25, 0.3) is 0 Å². The number of hydrogen-bond donors (Lipinski definition) is 2. The summed E-state index contributed by atoms with van der Waals surface area (Å²) in [5, 5.41) is 5.95. The number of rotatable bonds is 7. The van der Waals surface area contributed by atoms with Crippen molar-refractivity contribution in [1.82, 2.24) is 10.3 Å². The third-order valence-electron chi connectivity index (χ3n) is 3.23. The van der Waals surface area contributed by atoms with Crippen LogP contribution in [-0.2, 0) is 4.74 Å². The number of hydrogen-bond acceptors (Lipinski definition) is 4. The van der Waals surface area contributed by atoms with Crippen LogP contribution in [0.5, 0.6) is 0 Å². The van der Waals surface area contributed by atoms with Crippen molar-refractivity contribution < 1.29 is 14.3 Å². The Morgan fingerprint density at radius 3 is 2.28 bits per heavy atom. The van der Waals surface area contributed by atoms with Crippen molar-refractivity contribution in [3.63, 3.8) is 0 Å². The number of para-hydroxylation sites is 1. The number of amides is 2. The van der Waals surface area contributed by atoms with Gasteiger partial charge in [-0.3, -0.25) is 9.59 Å². The van der Waals surface area contributed by atoms with Gasteiger partial charge in [0, 0.05) is 20.3 Å². The van der Waals surface area contributed by atoms with Crippen LogP contribution in [0.3, 0.4) is 0 Å². The Hall–Kier alpha value is -2.15. The number of nitrogens with zero attached hydrogens (tertiary/aromatic N) is 1. The Balaban J connectivity index is 2.07. The molecule has 25 heavy (non-hydrogen) atoms. The molecular weight excluding hydrogens is 365 g/mol. The monoisotopic (exact) mass is 381 g/mol. The van der Waals surface area contributed by atoms with Gasteiger partial charge < -0.3 is 15.4 Å². The van der Waals surface area contributed by atoms with Gasteiger partial charge in [-0.25, -0.2) is 4.98 Å². The maximum absolute atomic E-state index is 12.4. The molecule has 8 heteroatoms. The molecule has 2 rings (SSSR count). The molecule has 0 radical (unpaired) electrons. The minimum Gasteiger partial charge on any atom is -0.385 e. The molecule has 1 heterocycles. The van der Waals surface area contributed by atoms with E-state index < -0.39 is 5.91 Å². The highest BCUT2D eigenvalue weighted by Gasteiger charge is 2.15. The van der Waals surface area contributed by atoms with Crippen LogP contribution in [0.15, 0.2) is 36.4 Å². The van der Waals surface area contributed by atoms with Crippen molar-refractivity contribution in [1.29, 1.82) is 0 Å². The zero-order valence-corrected chi connectivity index (χ0v) is 15.0. The number of halogens is 2. The number of anilines is 1. The number of carbonyl (C=O) groups excluding carboxylic acids is 2. The number of aromatic nitrogens is 1. The maximum Gasteiger partial charge on any atom is 0.274 e. The number of carbonyl (C=O) groups is 2. The molecule has 0 aliphatic heterocycles. The maximum atomic E-state index is 12.4. The Kier molecular flexibility index (Phi) is 7.18. The Bertz CT molecular complexity index is 748. The molecule has 1 aromatic carbocycles. The molecule has 0 saturated carbocycles. The smallest absolute Gasteiger partial charge is 0.274 e. The van der Waals surface area contributed by atoms with Gasteiger partial charge in [0.25, 0.3) is 11.8 Å². The van der Waals surface area contributed by atoms with Crippen LogP contribution in [0.2, 0.25) is 10.0 Å². The topological polar surface area (TPSA) is 80.3 Å². The second-order valence-electron chi connectivity index (χ2n) is 5.06. The van der Waals surface area contributed by atoms with Gasteiger partial charge in [-0.15, -0.1) is 0 Å². The third-order valence-corrected chi connectivity index (χ3v) is 3.86. The first-order valence-corrected chi connectivity index (χ1v) is 8.28. The summed E-state index contributed by atoms with van der Waals surface area (Å²) >= 11 is 12.1. The summed E-state index contributed by atoms with van der Waals surface area (Å²) in [6.45, 7) is 1.01. The summed E-state index contributed by atoms with van der Waals surface area (Å²) < 4.78 is 4.91. The van der Waals surface area contributed by atoms with E-state index in [1.807, 2.05) is 0 Å². The van der Waals surface area contributed by atoms with E-state index in [1.165, 1.54) is 12.1 Å². The van der Waals surface area contributed by atoms with Gasteiger partial charge in [0.1, 0.15) is 11.4 Å². The van der Waals surface area contributed by atoms with E-state index in [9.17, 15) is 9.59 Å². The predicted molar refractivity (Wildman–Crippen MR) is 97.5 cm³/mol. The summed E-state index contributed by atoms with van der Waals surface area (Å²) in [4.78, 5) is 28.5. The molecule has 2 aromatic rings. The van der Waals surface area contributed by atoms with Crippen LogP contribution in [-0.4, -0.2) is 37.1 Å². The van der Waals surface area contributed by atoms with Gasteiger partial charge in [0.05, 0.1) is 15.7 Å². The summed E-state index contributed by atoms with van der Waals surface area (Å²) in [7, 11) is 1.59. The molecule has 0 aliphatic rings. The lowest BCUT2D eigenvalue weighted by Crippen LogP contribution is -2.27. The van der Waals surface area contributed by atoms with Crippen molar-refractivity contribution in [2.75, 3.05) is 25.6 Å². The SMILES string of the molecule is COCCCNC(=O)c1cccc(C(=O)Nc2c(Cl)cccc2Cl)n1. The van der Waals surface area contributed by atoms with Crippen LogP contribution in [0.4, 0.5) is 5.69 Å². The molecule has 1 aromatic heterocycles. The van der Waals surface area contributed by atoms with Crippen molar-refractivity contribution in [2.24, 2.45) is 0 Å². The number of methoxy groups -OCH3 is 1. The Labute approximate surface area is 155 Å². The first kappa shape index (κ1) is 19.2. The molecular formula is C17H17Cl2N3O3. The lowest BCUT2D eigenvalue weighted by molar-refractivity contribution is 0.0943. The molecule has 6 nitrogen and oxygen atoms in total. The molecule has 0 aliphatic carbocycles. The number of ether oxygens (including phenoxy) is 1. The summed E-state index contributed by atoms with van der Waals surface area (Å²) in [6.07, 6.45) is 0.688. The molecule has 0 fully saturated rings. The van der Waals surface area contributed by atoms with Crippen LogP contribution < -0.4 is 10.6 Å². The minimum absolute atomic E-state index is 0.0838. The Morgan fingerprint density at radius 2 is 1.64 bits per heavy atom. The van der Waals surface area contributed by atoms with Crippen molar-refractivity contribution in [3.05, 3.63) is 57.8 Å². The predicted octanol–water partition coefficient (Wildman–Crippen LogP) is 3.41. The van der Waals surface area contributed by atoms with Crippen molar-refractivity contribution in [3.8, 4) is 0 Å². The van der Waals surface area contributed by atoms with E-state index in [4.69, 9.17) is 27.9 Å². The quantitative estimate of drug-likeness (QED) is 0.720. The number of benzene rings is 1. The van der Waals surface area contributed by atoms with Crippen LogP contribution in [0.1, 0.15) is 27.4 Å². The molecule has 0 atom stereocenters. The first-order valence-electron chi connectivity index (χ1n) is 7.52. The van der Waals surface area contributed by atoms with Gasteiger partial charge in [-0.2, -0.15) is 0 Å². The van der Waals surface area contributed by atoms with E-state index in [0.717, 1.165) is 0 Å². The zero-order valence-electron chi connectivity index (χ0n) is 13.5. The van der Waals surface area contributed by atoms with Crippen LogP contribution >= 0.6 is 23.2 Å². The highest BCUT2D eigenvalue weighted by molar-refractivity contribution is 6.40. The second kappa shape index (κ2) is 9.36. The van der Waals surface area contributed by atoms with E-state index in [2.05, 4.69) is 15.6 Å². The molecule has 2 N–H and O–H groups in total. The normalized spacial score (nSPS) is 10.4. The lowest BCUT2D eigenvalue weighted by atomic mass is 10.2. The van der Waals surface area contributed by atoms with E-state index in [-0.39, 0.29) is 17.3 Å². The summed E-state index contributed by atoms with van der Waals surface area (Å²) in [5.41, 5.74) is 0.530. The van der Waals surface area contributed by atoms with Crippen molar-refractivity contribution in [2.45, 2.75) is 6.42 Å². The number of nitrogens with one attached hydrogen (secondary N) is 2. The highest BCUT2D eigenvalue weighted by atomic mass is 35.5. The van der Waals surface area contributed by atoms with Gasteiger partial charge in [0.15, 0.2) is 0 Å². The van der Waals surface area contributed by atoms with E-state index in [0.29, 0.717) is 35.3 Å². The summed E-state index contributed by atoms with van der Waals surface area (Å²) in [6, 6.07) is 9.51. The average molecular weight is 382 g/mol. The van der Waals surface area contributed by atoms with Gasteiger partial charge in [-0.05, 0) is 30.7 Å². The van der Waals surface area contributed by atoms with E-state index >= 15 is 0 Å². The molecule has 2 amide bonds.